The van der Waals surface area contributed by atoms with E-state index in [1.165, 1.54) is 0 Å². The van der Waals surface area contributed by atoms with Gasteiger partial charge in [-0.15, -0.1) is 0 Å². The fourth-order valence-electron chi connectivity index (χ4n) is 2.12. The molecular formula is C11H20F3N3O. The Morgan fingerprint density at radius 3 is 2.61 bits per heavy atom. The Morgan fingerprint density at radius 1 is 1.28 bits per heavy atom. The Labute approximate surface area is 105 Å². The Bertz CT molecular complexity index is 277. The van der Waals surface area contributed by atoms with Crippen molar-refractivity contribution in [1.82, 2.24) is 0 Å². The summed E-state index contributed by atoms with van der Waals surface area (Å²) in [5, 5.41) is 0. The second-order valence-electron chi connectivity index (χ2n) is 4.56. The largest absolute Gasteiger partial charge is 0.391 e. The van der Waals surface area contributed by atoms with Gasteiger partial charge in [-0.1, -0.05) is 6.42 Å². The fourth-order valence-corrected chi connectivity index (χ4v) is 2.12. The number of guanidine groups is 1. The molecule has 1 aliphatic carbocycles. The first-order valence-electron chi connectivity index (χ1n) is 6.13. The van der Waals surface area contributed by atoms with Gasteiger partial charge in [0.25, 0.3) is 0 Å². The predicted molar refractivity (Wildman–Crippen MR) is 63.0 cm³/mol. The van der Waals surface area contributed by atoms with Gasteiger partial charge in [0.1, 0.15) is 0 Å². The predicted octanol–water partition coefficient (Wildman–Crippen LogP) is 1.79. The SMILES string of the molecule is NC(N)=NCCCO[C@@H]1CCC[C@@H](C(F)(F)F)C1. The number of ether oxygens (including phenoxy) is 1. The van der Waals surface area contributed by atoms with Gasteiger partial charge >= 0.3 is 6.18 Å². The molecule has 0 saturated heterocycles. The molecule has 0 aromatic heterocycles. The van der Waals surface area contributed by atoms with Crippen LogP contribution in [0.15, 0.2) is 4.99 Å². The van der Waals surface area contributed by atoms with Crippen LogP contribution in [0.25, 0.3) is 0 Å². The van der Waals surface area contributed by atoms with Gasteiger partial charge < -0.3 is 16.2 Å². The number of nitrogens with two attached hydrogens (primary N) is 2. The molecule has 1 rings (SSSR count). The first-order chi connectivity index (χ1) is 8.39. The van der Waals surface area contributed by atoms with E-state index in [0.717, 1.165) is 0 Å². The molecule has 0 unspecified atom stereocenters. The zero-order valence-corrected chi connectivity index (χ0v) is 10.2. The van der Waals surface area contributed by atoms with Gasteiger partial charge in [0, 0.05) is 13.2 Å². The normalized spacial score (nSPS) is 24.8. The van der Waals surface area contributed by atoms with E-state index in [0.29, 0.717) is 32.4 Å². The number of hydrogen-bond donors (Lipinski definition) is 2. The van der Waals surface area contributed by atoms with E-state index in [1.807, 2.05) is 0 Å². The van der Waals surface area contributed by atoms with Crippen molar-refractivity contribution in [2.45, 2.75) is 44.4 Å². The zero-order valence-electron chi connectivity index (χ0n) is 10.2. The van der Waals surface area contributed by atoms with E-state index in [9.17, 15) is 13.2 Å². The minimum atomic E-state index is -4.10. The number of hydrogen-bond acceptors (Lipinski definition) is 2. The van der Waals surface area contributed by atoms with E-state index in [4.69, 9.17) is 16.2 Å². The highest BCUT2D eigenvalue weighted by molar-refractivity contribution is 5.75. The van der Waals surface area contributed by atoms with Gasteiger partial charge in [-0.3, -0.25) is 4.99 Å². The standard InChI is InChI=1S/C11H20F3N3O/c12-11(13,14)8-3-1-4-9(7-8)18-6-2-5-17-10(15)16/h8-9H,1-7H2,(H4,15,16,17)/t8-,9-/m1/s1. The Hall–Kier alpha value is -0.980. The topological polar surface area (TPSA) is 73.6 Å². The van der Waals surface area contributed by atoms with E-state index >= 15 is 0 Å². The molecule has 4 nitrogen and oxygen atoms in total. The molecule has 1 aliphatic rings. The zero-order chi connectivity index (χ0) is 13.6. The molecule has 4 N–H and O–H groups in total. The molecule has 0 aromatic rings. The monoisotopic (exact) mass is 267 g/mol. The van der Waals surface area contributed by atoms with Gasteiger partial charge in [-0.05, 0) is 25.7 Å². The second-order valence-corrected chi connectivity index (χ2v) is 4.56. The highest BCUT2D eigenvalue weighted by atomic mass is 19.4. The fraction of sp³-hybridized carbons (Fsp3) is 0.909. The first kappa shape index (κ1) is 15.1. The summed E-state index contributed by atoms with van der Waals surface area (Å²) in [7, 11) is 0. The molecule has 0 bridgehead atoms. The van der Waals surface area contributed by atoms with Crippen LogP contribution in [0.5, 0.6) is 0 Å². The van der Waals surface area contributed by atoms with Crippen LogP contribution in [0, 0.1) is 5.92 Å². The summed E-state index contributed by atoms with van der Waals surface area (Å²) in [6.07, 6.45) is -2.20. The summed E-state index contributed by atoms with van der Waals surface area (Å²) >= 11 is 0. The highest BCUT2D eigenvalue weighted by Gasteiger charge is 2.42. The van der Waals surface area contributed by atoms with Crippen LogP contribution >= 0.6 is 0 Å². The summed E-state index contributed by atoms with van der Waals surface area (Å²) in [5.41, 5.74) is 10.3. The van der Waals surface area contributed by atoms with Crippen LogP contribution in [0.1, 0.15) is 32.1 Å². The maximum Gasteiger partial charge on any atom is 0.391 e. The Morgan fingerprint density at radius 2 is 2.00 bits per heavy atom. The minimum absolute atomic E-state index is 0.0183. The van der Waals surface area contributed by atoms with Gasteiger partial charge in [0.15, 0.2) is 5.96 Å². The molecule has 106 valence electrons. The van der Waals surface area contributed by atoms with Crippen LogP contribution in [-0.2, 0) is 4.74 Å². The first-order valence-corrected chi connectivity index (χ1v) is 6.13. The Kier molecular flexibility index (Phi) is 5.71. The molecule has 7 heteroatoms. The lowest BCUT2D eigenvalue weighted by Crippen LogP contribution is -2.32. The third-order valence-corrected chi connectivity index (χ3v) is 3.04. The van der Waals surface area contributed by atoms with Crippen molar-refractivity contribution in [2.75, 3.05) is 13.2 Å². The lowest BCUT2D eigenvalue weighted by molar-refractivity contribution is -0.192. The van der Waals surface area contributed by atoms with E-state index in [1.54, 1.807) is 0 Å². The molecule has 0 heterocycles. The molecule has 0 amide bonds. The number of halogens is 3. The third kappa shape index (κ3) is 5.57. The molecule has 0 radical (unpaired) electrons. The van der Waals surface area contributed by atoms with Crippen molar-refractivity contribution in [3.05, 3.63) is 0 Å². The van der Waals surface area contributed by atoms with Crippen LogP contribution < -0.4 is 11.5 Å². The van der Waals surface area contributed by atoms with Crippen molar-refractivity contribution in [3.8, 4) is 0 Å². The van der Waals surface area contributed by atoms with E-state index in [2.05, 4.69) is 4.99 Å². The highest BCUT2D eigenvalue weighted by Crippen LogP contribution is 2.38. The molecular weight excluding hydrogens is 247 g/mol. The number of alkyl halides is 3. The number of aliphatic imine (C=N–C) groups is 1. The molecule has 18 heavy (non-hydrogen) atoms. The van der Waals surface area contributed by atoms with Gasteiger partial charge in [-0.2, -0.15) is 13.2 Å². The summed E-state index contributed by atoms with van der Waals surface area (Å²) in [6.45, 7) is 0.837. The van der Waals surface area contributed by atoms with Crippen LogP contribution in [-0.4, -0.2) is 31.4 Å². The van der Waals surface area contributed by atoms with Crippen molar-refractivity contribution in [1.29, 1.82) is 0 Å². The summed E-state index contributed by atoms with van der Waals surface area (Å²) in [5.74, 6) is -1.20. The van der Waals surface area contributed by atoms with Crippen LogP contribution in [0.3, 0.4) is 0 Å². The second kappa shape index (κ2) is 6.82. The van der Waals surface area contributed by atoms with E-state index < -0.39 is 12.1 Å². The van der Waals surface area contributed by atoms with Crippen LogP contribution in [0.4, 0.5) is 13.2 Å². The summed E-state index contributed by atoms with van der Waals surface area (Å²) < 4.78 is 43.1. The molecule has 0 spiro atoms. The number of rotatable bonds is 5. The van der Waals surface area contributed by atoms with Gasteiger partial charge in [-0.25, -0.2) is 0 Å². The summed E-state index contributed by atoms with van der Waals surface area (Å²) in [6, 6.07) is 0. The quantitative estimate of drug-likeness (QED) is 0.453. The average molecular weight is 267 g/mol. The molecule has 2 atom stereocenters. The average Bonchev–Trinajstić information content (AvgIpc) is 2.27. The minimum Gasteiger partial charge on any atom is -0.378 e. The third-order valence-electron chi connectivity index (χ3n) is 3.04. The lowest BCUT2D eigenvalue weighted by Gasteiger charge is -2.30. The molecule has 1 fully saturated rings. The molecule has 0 aromatic carbocycles. The van der Waals surface area contributed by atoms with Crippen molar-refractivity contribution in [2.24, 2.45) is 22.4 Å². The van der Waals surface area contributed by atoms with Gasteiger partial charge in [0.05, 0.1) is 12.0 Å². The molecule has 0 aliphatic heterocycles. The lowest BCUT2D eigenvalue weighted by atomic mass is 9.87. The maximum absolute atomic E-state index is 12.5. The van der Waals surface area contributed by atoms with Crippen molar-refractivity contribution in [3.63, 3.8) is 0 Å². The maximum atomic E-state index is 12.5. The van der Waals surface area contributed by atoms with Gasteiger partial charge in [0.2, 0.25) is 0 Å². The van der Waals surface area contributed by atoms with Crippen molar-refractivity contribution < 1.29 is 17.9 Å². The van der Waals surface area contributed by atoms with Crippen LogP contribution in [0.2, 0.25) is 0 Å². The van der Waals surface area contributed by atoms with Crippen molar-refractivity contribution >= 4 is 5.96 Å². The molecule has 1 saturated carbocycles. The summed E-state index contributed by atoms with van der Waals surface area (Å²) in [4.78, 5) is 3.77. The Balaban J connectivity index is 2.20. The van der Waals surface area contributed by atoms with E-state index in [-0.39, 0.29) is 24.9 Å². The smallest absolute Gasteiger partial charge is 0.378 e. The number of nitrogens with zero attached hydrogens (tertiary/aromatic N) is 1.